The maximum atomic E-state index is 11.9. The van der Waals surface area contributed by atoms with E-state index in [1.807, 2.05) is 6.92 Å². The number of hydrogen-bond donors (Lipinski definition) is 2. The Balaban J connectivity index is 1.61. The van der Waals surface area contributed by atoms with Crippen LogP contribution in [0.5, 0.6) is 0 Å². The molecule has 23 heavy (non-hydrogen) atoms. The van der Waals surface area contributed by atoms with Gasteiger partial charge in [-0.3, -0.25) is 9.59 Å². The largest absolute Gasteiger partial charge is 0.345 e. The Bertz CT molecular complexity index is 878. The number of nitrogens with one attached hydrogen (secondary N) is 2. The normalized spacial score (nSPS) is 10.7. The van der Waals surface area contributed by atoms with Crippen LogP contribution < -0.4 is 10.9 Å². The lowest BCUT2D eigenvalue weighted by molar-refractivity contribution is -0.122. The van der Waals surface area contributed by atoms with E-state index in [0.29, 0.717) is 5.56 Å². The number of nitrogens with zero attached hydrogens (tertiary/aromatic N) is 4. The van der Waals surface area contributed by atoms with Crippen molar-refractivity contribution in [2.75, 3.05) is 0 Å². The van der Waals surface area contributed by atoms with E-state index >= 15 is 0 Å². The number of carbonyl (C=O) groups excluding carboxylic acids is 1. The zero-order valence-corrected chi connectivity index (χ0v) is 12.3. The minimum absolute atomic E-state index is 0.0876. The van der Waals surface area contributed by atoms with Crippen molar-refractivity contribution < 1.29 is 9.32 Å². The van der Waals surface area contributed by atoms with E-state index in [2.05, 4.69) is 25.4 Å². The minimum Gasteiger partial charge on any atom is -0.345 e. The second-order valence-corrected chi connectivity index (χ2v) is 4.80. The Morgan fingerprint density at radius 3 is 3.09 bits per heavy atom. The number of pyridine rings is 1. The lowest BCUT2D eigenvalue weighted by Gasteiger charge is -2.04. The molecule has 3 aromatic rings. The lowest BCUT2D eigenvalue weighted by Crippen LogP contribution is -2.27. The summed E-state index contributed by atoms with van der Waals surface area (Å²) in [5.41, 5.74) is 0.00216. The van der Waals surface area contributed by atoms with E-state index < -0.39 is 0 Å². The number of aromatic amines is 1. The van der Waals surface area contributed by atoms with E-state index in [9.17, 15) is 9.59 Å². The third-order valence-electron chi connectivity index (χ3n) is 3.20. The van der Waals surface area contributed by atoms with Gasteiger partial charge in [-0.2, -0.15) is 4.98 Å². The van der Waals surface area contributed by atoms with E-state index in [1.165, 1.54) is 6.20 Å². The molecule has 0 bridgehead atoms. The molecule has 0 aliphatic heterocycles. The fourth-order valence-corrected chi connectivity index (χ4v) is 1.99. The maximum absolute atomic E-state index is 11.9. The molecule has 9 nitrogen and oxygen atoms in total. The molecule has 0 radical (unpaired) electrons. The van der Waals surface area contributed by atoms with Crippen molar-refractivity contribution in [1.82, 2.24) is 30.0 Å². The molecular weight excluding hydrogens is 300 g/mol. The van der Waals surface area contributed by atoms with Gasteiger partial charge in [0.1, 0.15) is 12.4 Å². The Hall–Kier alpha value is -3.23. The van der Waals surface area contributed by atoms with E-state index in [0.717, 1.165) is 5.82 Å². The van der Waals surface area contributed by atoms with Crippen LogP contribution >= 0.6 is 0 Å². The molecule has 0 atom stereocenters. The third-order valence-corrected chi connectivity index (χ3v) is 3.20. The van der Waals surface area contributed by atoms with Crippen molar-refractivity contribution in [3.8, 4) is 11.4 Å². The van der Waals surface area contributed by atoms with Gasteiger partial charge in [0.15, 0.2) is 0 Å². The molecule has 1 amide bonds. The maximum Gasteiger partial charge on any atom is 0.259 e. The fraction of sp³-hybridized carbons (Fsp3) is 0.214. The highest BCUT2D eigenvalue weighted by Gasteiger charge is 2.12. The summed E-state index contributed by atoms with van der Waals surface area (Å²) in [4.78, 5) is 34.2. The highest BCUT2D eigenvalue weighted by molar-refractivity contribution is 5.75. The van der Waals surface area contributed by atoms with Crippen LogP contribution in [0.25, 0.3) is 11.4 Å². The lowest BCUT2D eigenvalue weighted by atomic mass is 10.3. The number of aryl methyl sites for hydroxylation is 1. The number of aromatic nitrogens is 5. The Kier molecular flexibility index (Phi) is 4.00. The zero-order valence-electron chi connectivity index (χ0n) is 12.3. The van der Waals surface area contributed by atoms with Gasteiger partial charge in [0.2, 0.25) is 17.6 Å². The van der Waals surface area contributed by atoms with Crippen LogP contribution in [-0.4, -0.2) is 30.6 Å². The summed E-state index contributed by atoms with van der Waals surface area (Å²) in [6.45, 7) is 2.06. The molecule has 0 unspecified atom stereocenters. The van der Waals surface area contributed by atoms with Crippen LogP contribution in [0.15, 0.2) is 40.0 Å². The molecule has 0 aliphatic rings. The first kappa shape index (κ1) is 14.7. The molecule has 3 heterocycles. The Morgan fingerprint density at radius 1 is 1.48 bits per heavy atom. The average Bonchev–Trinajstić information content (AvgIpc) is 3.16. The molecule has 2 N–H and O–H groups in total. The molecule has 0 saturated carbocycles. The second kappa shape index (κ2) is 6.26. The molecule has 3 aromatic heterocycles. The first-order chi connectivity index (χ1) is 11.1. The van der Waals surface area contributed by atoms with Crippen molar-refractivity contribution in [3.63, 3.8) is 0 Å². The van der Waals surface area contributed by atoms with Gasteiger partial charge >= 0.3 is 0 Å². The molecule has 0 fully saturated rings. The van der Waals surface area contributed by atoms with Crippen LogP contribution in [0.3, 0.4) is 0 Å². The molecule has 118 valence electrons. The van der Waals surface area contributed by atoms with Crippen LogP contribution in [0.2, 0.25) is 0 Å². The van der Waals surface area contributed by atoms with Crippen LogP contribution in [-0.2, 0) is 17.9 Å². The predicted octanol–water partition coefficient (Wildman–Crippen LogP) is 0.246. The first-order valence-electron chi connectivity index (χ1n) is 6.88. The summed E-state index contributed by atoms with van der Waals surface area (Å²) < 4.78 is 6.76. The minimum atomic E-state index is -0.306. The SMILES string of the molecule is Cc1nccn1CC(=O)NCc1nc(-c2ccc[nH]c2=O)no1. The fourth-order valence-electron chi connectivity index (χ4n) is 1.99. The summed E-state index contributed by atoms with van der Waals surface area (Å²) in [6.07, 6.45) is 4.87. The van der Waals surface area contributed by atoms with Crippen molar-refractivity contribution in [2.24, 2.45) is 0 Å². The number of H-pyrrole nitrogens is 1. The van der Waals surface area contributed by atoms with Gasteiger partial charge in [0, 0.05) is 18.6 Å². The van der Waals surface area contributed by atoms with Gasteiger partial charge < -0.3 is 19.4 Å². The van der Waals surface area contributed by atoms with Crippen molar-refractivity contribution in [3.05, 3.63) is 52.8 Å². The smallest absolute Gasteiger partial charge is 0.259 e. The van der Waals surface area contributed by atoms with Crippen molar-refractivity contribution in [2.45, 2.75) is 20.0 Å². The van der Waals surface area contributed by atoms with Crippen molar-refractivity contribution in [1.29, 1.82) is 0 Å². The second-order valence-electron chi connectivity index (χ2n) is 4.80. The van der Waals surface area contributed by atoms with E-state index in [4.69, 9.17) is 4.52 Å². The highest BCUT2D eigenvalue weighted by Crippen LogP contribution is 2.09. The van der Waals surface area contributed by atoms with Gasteiger partial charge in [-0.15, -0.1) is 0 Å². The summed E-state index contributed by atoms with van der Waals surface area (Å²) in [5, 5.41) is 6.42. The van der Waals surface area contributed by atoms with Crippen LogP contribution in [0.1, 0.15) is 11.7 Å². The quantitative estimate of drug-likeness (QED) is 0.696. The van der Waals surface area contributed by atoms with Crippen LogP contribution in [0.4, 0.5) is 0 Å². The molecule has 9 heteroatoms. The van der Waals surface area contributed by atoms with Gasteiger partial charge in [-0.1, -0.05) is 5.16 Å². The molecule has 0 aliphatic carbocycles. The molecule has 0 spiro atoms. The molecule has 0 saturated heterocycles. The first-order valence-corrected chi connectivity index (χ1v) is 6.88. The summed E-state index contributed by atoms with van der Waals surface area (Å²) >= 11 is 0. The summed E-state index contributed by atoms with van der Waals surface area (Å²) in [6, 6.07) is 3.26. The number of carbonyl (C=O) groups is 1. The molecular formula is C14H14N6O3. The molecule has 0 aromatic carbocycles. The van der Waals surface area contributed by atoms with Gasteiger partial charge in [-0.25, -0.2) is 4.98 Å². The summed E-state index contributed by atoms with van der Waals surface area (Å²) in [5.74, 6) is 0.951. The Morgan fingerprint density at radius 2 is 2.35 bits per heavy atom. The number of amides is 1. The van der Waals surface area contributed by atoms with Gasteiger partial charge in [-0.05, 0) is 19.1 Å². The van der Waals surface area contributed by atoms with Gasteiger partial charge in [0.05, 0.1) is 12.1 Å². The number of hydrogen-bond acceptors (Lipinski definition) is 6. The standard InChI is InChI=1S/C14H14N6O3/c1-9-15-5-6-20(9)8-11(21)17-7-12-18-13(19-23-12)10-3-2-4-16-14(10)22/h2-6H,7-8H2,1H3,(H,16,22)(H,17,21). The number of imidazole rings is 1. The topological polar surface area (TPSA) is 119 Å². The van der Waals surface area contributed by atoms with E-state index in [-0.39, 0.29) is 36.3 Å². The summed E-state index contributed by atoms with van der Waals surface area (Å²) in [7, 11) is 0. The highest BCUT2D eigenvalue weighted by atomic mass is 16.5. The average molecular weight is 314 g/mol. The van der Waals surface area contributed by atoms with Crippen LogP contribution in [0, 0.1) is 6.92 Å². The third kappa shape index (κ3) is 3.34. The monoisotopic (exact) mass is 314 g/mol. The predicted molar refractivity (Wildman–Crippen MR) is 79.2 cm³/mol. The van der Waals surface area contributed by atoms with Crippen molar-refractivity contribution >= 4 is 5.91 Å². The Labute approximate surface area is 130 Å². The zero-order chi connectivity index (χ0) is 16.2. The van der Waals surface area contributed by atoms with E-state index in [1.54, 1.807) is 29.1 Å². The number of rotatable bonds is 5. The van der Waals surface area contributed by atoms with Gasteiger partial charge in [0.25, 0.3) is 5.56 Å². The molecule has 3 rings (SSSR count).